The van der Waals surface area contributed by atoms with E-state index in [9.17, 15) is 18.0 Å². The molecule has 2 aromatic rings. The van der Waals surface area contributed by atoms with Crippen molar-refractivity contribution >= 4 is 27.5 Å². The minimum Gasteiger partial charge on any atom is -0.352 e. The maximum absolute atomic E-state index is 13.1. The molecule has 2 N–H and O–H groups in total. The number of benzene rings is 2. The molecule has 33 heavy (non-hydrogen) atoms. The van der Waals surface area contributed by atoms with E-state index in [1.54, 1.807) is 43.3 Å². The van der Waals surface area contributed by atoms with Gasteiger partial charge in [-0.25, -0.2) is 8.42 Å². The van der Waals surface area contributed by atoms with Crippen molar-refractivity contribution in [2.45, 2.75) is 45.4 Å². The normalized spacial score (nSPS) is 15.4. The van der Waals surface area contributed by atoms with Gasteiger partial charge in [-0.15, -0.1) is 0 Å². The monoisotopic (exact) mass is 471 g/mol. The van der Waals surface area contributed by atoms with Crippen molar-refractivity contribution in [3.8, 4) is 0 Å². The van der Waals surface area contributed by atoms with Crippen molar-refractivity contribution in [3.63, 3.8) is 0 Å². The van der Waals surface area contributed by atoms with Crippen LogP contribution < -0.4 is 10.6 Å². The summed E-state index contributed by atoms with van der Waals surface area (Å²) in [6.07, 6.45) is 1.65. The highest BCUT2D eigenvalue weighted by atomic mass is 32.2. The van der Waals surface area contributed by atoms with Gasteiger partial charge in [-0.3, -0.25) is 9.59 Å². The van der Waals surface area contributed by atoms with Gasteiger partial charge in [0.2, 0.25) is 10.0 Å². The first-order valence-electron chi connectivity index (χ1n) is 11.4. The zero-order chi connectivity index (χ0) is 24.2. The second kappa shape index (κ2) is 10.5. The van der Waals surface area contributed by atoms with Crippen molar-refractivity contribution in [1.29, 1.82) is 0 Å². The Hall–Kier alpha value is -2.71. The van der Waals surface area contributed by atoms with E-state index >= 15 is 0 Å². The van der Waals surface area contributed by atoms with E-state index < -0.39 is 15.9 Å². The highest BCUT2D eigenvalue weighted by Crippen LogP contribution is 2.26. The molecule has 0 radical (unpaired) electrons. The summed E-state index contributed by atoms with van der Waals surface area (Å²) in [5.41, 5.74) is 1.65. The first kappa shape index (κ1) is 24.9. The van der Waals surface area contributed by atoms with Crippen LogP contribution in [0.5, 0.6) is 0 Å². The quantitative estimate of drug-likeness (QED) is 0.637. The fourth-order valence-corrected chi connectivity index (χ4v) is 5.25. The lowest BCUT2D eigenvalue weighted by Crippen LogP contribution is -2.38. The molecule has 8 heteroatoms. The molecule has 7 nitrogen and oxygen atoms in total. The molecule has 1 aliphatic rings. The van der Waals surface area contributed by atoms with Gasteiger partial charge < -0.3 is 10.6 Å². The van der Waals surface area contributed by atoms with Gasteiger partial charge in [-0.2, -0.15) is 4.31 Å². The lowest BCUT2D eigenvalue weighted by atomic mass is 10.0. The number of aryl methyl sites for hydroxylation is 1. The van der Waals surface area contributed by atoms with Crippen LogP contribution in [0.25, 0.3) is 0 Å². The third-order valence-corrected chi connectivity index (χ3v) is 7.82. The van der Waals surface area contributed by atoms with Crippen LogP contribution in [0.2, 0.25) is 0 Å². The highest BCUT2D eigenvalue weighted by Gasteiger charge is 2.29. The van der Waals surface area contributed by atoms with Crippen LogP contribution >= 0.6 is 0 Å². The summed E-state index contributed by atoms with van der Waals surface area (Å²) in [6.45, 7) is 9.38. The molecule has 0 atom stereocenters. The van der Waals surface area contributed by atoms with Gasteiger partial charge in [0.05, 0.1) is 16.1 Å². The van der Waals surface area contributed by atoms with Gasteiger partial charge in [0.25, 0.3) is 11.8 Å². The first-order valence-corrected chi connectivity index (χ1v) is 12.8. The standard InChI is InChI=1S/C25H33N3O4S/c1-17(2)16-26-24(29)21-7-5-6-8-23(21)27-25(30)22-15-20(10-9-19(22)4)33(31,32)28-13-11-18(3)12-14-28/h5-10,15,17-18H,11-14,16H2,1-4H3,(H,26,29)(H,27,30). The van der Waals surface area contributed by atoms with Gasteiger partial charge >= 0.3 is 0 Å². The first-order chi connectivity index (χ1) is 15.6. The predicted molar refractivity (Wildman–Crippen MR) is 130 cm³/mol. The zero-order valence-corrected chi connectivity index (χ0v) is 20.5. The minimum absolute atomic E-state index is 0.107. The Morgan fingerprint density at radius 3 is 2.36 bits per heavy atom. The summed E-state index contributed by atoms with van der Waals surface area (Å²) in [5, 5.41) is 5.65. The van der Waals surface area contributed by atoms with Gasteiger partial charge in [-0.1, -0.05) is 39.0 Å². The average Bonchev–Trinajstić information content (AvgIpc) is 2.78. The van der Waals surface area contributed by atoms with E-state index in [1.807, 2.05) is 13.8 Å². The molecule has 1 heterocycles. The van der Waals surface area contributed by atoms with Crippen molar-refractivity contribution in [3.05, 3.63) is 59.2 Å². The average molecular weight is 472 g/mol. The summed E-state index contributed by atoms with van der Waals surface area (Å²) in [5.74, 6) is 0.0765. The second-order valence-corrected chi connectivity index (χ2v) is 11.1. The SMILES string of the molecule is Cc1ccc(S(=O)(=O)N2CCC(C)CC2)cc1C(=O)Nc1ccccc1C(=O)NCC(C)C. The summed E-state index contributed by atoms with van der Waals surface area (Å²) < 4.78 is 27.8. The third kappa shape index (κ3) is 6.00. The van der Waals surface area contributed by atoms with Crippen LogP contribution in [-0.4, -0.2) is 44.2 Å². The number of hydrogen-bond acceptors (Lipinski definition) is 4. The Morgan fingerprint density at radius 1 is 1.03 bits per heavy atom. The molecule has 0 unspecified atom stereocenters. The van der Waals surface area contributed by atoms with Crippen LogP contribution in [-0.2, 0) is 10.0 Å². The van der Waals surface area contributed by atoms with E-state index in [0.717, 1.165) is 12.8 Å². The molecule has 3 rings (SSSR count). The van der Waals surface area contributed by atoms with Gasteiger partial charge in [0.1, 0.15) is 0 Å². The molecule has 1 saturated heterocycles. The van der Waals surface area contributed by atoms with Crippen LogP contribution in [0.3, 0.4) is 0 Å². The smallest absolute Gasteiger partial charge is 0.255 e. The molecule has 0 aliphatic carbocycles. The summed E-state index contributed by atoms with van der Waals surface area (Å²) in [7, 11) is -3.68. The summed E-state index contributed by atoms with van der Waals surface area (Å²) in [4.78, 5) is 25.8. The Morgan fingerprint density at radius 2 is 1.70 bits per heavy atom. The fraction of sp³-hybridized carbons (Fsp3) is 0.440. The molecule has 178 valence electrons. The topological polar surface area (TPSA) is 95.6 Å². The van der Waals surface area contributed by atoms with Crippen LogP contribution in [0, 0.1) is 18.8 Å². The lowest BCUT2D eigenvalue weighted by Gasteiger charge is -2.29. The molecule has 1 fully saturated rings. The number of piperidine rings is 1. The van der Waals surface area contributed by atoms with Crippen LogP contribution in [0.4, 0.5) is 5.69 Å². The molecule has 0 spiro atoms. The lowest BCUT2D eigenvalue weighted by molar-refractivity contribution is 0.0950. The fourth-order valence-electron chi connectivity index (χ4n) is 3.75. The van der Waals surface area contributed by atoms with Crippen molar-refractivity contribution < 1.29 is 18.0 Å². The third-order valence-electron chi connectivity index (χ3n) is 5.92. The molecule has 2 aromatic carbocycles. The Bertz CT molecular complexity index is 1120. The van der Waals surface area contributed by atoms with E-state index in [2.05, 4.69) is 17.6 Å². The minimum atomic E-state index is -3.68. The Labute approximate surface area is 196 Å². The summed E-state index contributed by atoms with van der Waals surface area (Å²) in [6, 6.07) is 11.4. The number of nitrogens with one attached hydrogen (secondary N) is 2. The molecule has 0 aromatic heterocycles. The number of carbonyl (C=O) groups excluding carboxylic acids is 2. The number of rotatable bonds is 7. The van der Waals surface area contributed by atoms with E-state index in [0.29, 0.717) is 48.3 Å². The number of nitrogens with zero attached hydrogens (tertiary/aromatic N) is 1. The molecular formula is C25H33N3O4S. The molecule has 2 amide bonds. The Kier molecular flexibility index (Phi) is 7.92. The van der Waals surface area contributed by atoms with E-state index in [1.165, 1.54) is 10.4 Å². The second-order valence-electron chi connectivity index (χ2n) is 9.17. The molecule has 0 bridgehead atoms. The van der Waals surface area contributed by atoms with Gasteiger partial charge in [0.15, 0.2) is 0 Å². The number of hydrogen-bond donors (Lipinski definition) is 2. The van der Waals surface area contributed by atoms with Gasteiger partial charge in [0, 0.05) is 25.2 Å². The maximum atomic E-state index is 13.1. The van der Waals surface area contributed by atoms with Crippen molar-refractivity contribution in [2.24, 2.45) is 11.8 Å². The largest absolute Gasteiger partial charge is 0.352 e. The molecular weight excluding hydrogens is 438 g/mol. The number of para-hydroxylation sites is 1. The predicted octanol–water partition coefficient (Wildman–Crippen LogP) is 4.05. The molecule has 0 saturated carbocycles. The number of carbonyl (C=O) groups is 2. The van der Waals surface area contributed by atoms with Crippen molar-refractivity contribution in [2.75, 3.05) is 25.0 Å². The molecule has 1 aliphatic heterocycles. The van der Waals surface area contributed by atoms with Crippen molar-refractivity contribution in [1.82, 2.24) is 9.62 Å². The van der Waals surface area contributed by atoms with E-state index in [-0.39, 0.29) is 16.4 Å². The van der Waals surface area contributed by atoms with Crippen LogP contribution in [0.15, 0.2) is 47.4 Å². The van der Waals surface area contributed by atoms with E-state index in [4.69, 9.17) is 0 Å². The number of sulfonamides is 1. The maximum Gasteiger partial charge on any atom is 0.255 e. The summed E-state index contributed by atoms with van der Waals surface area (Å²) >= 11 is 0. The zero-order valence-electron chi connectivity index (χ0n) is 19.7. The van der Waals surface area contributed by atoms with Crippen LogP contribution in [0.1, 0.15) is 59.9 Å². The Balaban J connectivity index is 1.84. The highest BCUT2D eigenvalue weighted by molar-refractivity contribution is 7.89. The van der Waals surface area contributed by atoms with Gasteiger partial charge in [-0.05, 0) is 61.4 Å². The number of amides is 2. The number of anilines is 1.